The number of nitrogens with one attached hydrogen (secondary N) is 2. The maximum atomic E-state index is 11.6. The lowest BCUT2D eigenvalue weighted by Gasteiger charge is -2.12. The lowest BCUT2D eigenvalue weighted by Crippen LogP contribution is -2.25. The van der Waals surface area contributed by atoms with Crippen molar-refractivity contribution in [1.29, 1.82) is 5.41 Å². The Balaban J connectivity index is 2.25. The predicted octanol–water partition coefficient (Wildman–Crippen LogP) is 1.12. The van der Waals surface area contributed by atoms with Crippen LogP contribution in [0.15, 0.2) is 12.1 Å². The molecular formula is C12H14N2O4S. The van der Waals surface area contributed by atoms with Crippen LogP contribution < -0.4 is 14.8 Å². The molecule has 1 atom stereocenters. The molecule has 19 heavy (non-hydrogen) atoms. The van der Waals surface area contributed by atoms with Crippen LogP contribution in [-0.2, 0) is 11.2 Å². The van der Waals surface area contributed by atoms with Gasteiger partial charge in [-0.15, -0.1) is 0 Å². The largest absolute Gasteiger partial charge is 0.502 e. The molecule has 0 aromatic heterocycles. The number of carbonyl (C=O) groups excluding carboxylic acids is 1. The molecule has 7 heteroatoms. The molecule has 102 valence electrons. The van der Waals surface area contributed by atoms with Gasteiger partial charge in [0.1, 0.15) is 0 Å². The van der Waals surface area contributed by atoms with Crippen molar-refractivity contribution < 1.29 is 19.4 Å². The average molecular weight is 282 g/mol. The van der Waals surface area contributed by atoms with Gasteiger partial charge in [0.25, 0.3) is 0 Å². The van der Waals surface area contributed by atoms with Crippen molar-refractivity contribution in [3.05, 3.63) is 17.7 Å². The van der Waals surface area contributed by atoms with Gasteiger partial charge in [-0.05, 0) is 24.1 Å². The zero-order valence-electron chi connectivity index (χ0n) is 10.5. The molecule has 1 fully saturated rings. The van der Waals surface area contributed by atoms with Crippen LogP contribution in [0.1, 0.15) is 5.56 Å². The zero-order valence-corrected chi connectivity index (χ0v) is 11.3. The molecule has 2 rings (SSSR count). The molecule has 1 aliphatic rings. The number of methoxy groups -OCH3 is 2. The van der Waals surface area contributed by atoms with E-state index in [0.29, 0.717) is 17.9 Å². The third-order valence-corrected chi connectivity index (χ3v) is 3.75. The Kier molecular flexibility index (Phi) is 3.84. The molecule has 0 bridgehead atoms. The first-order chi connectivity index (χ1) is 9.05. The van der Waals surface area contributed by atoms with Gasteiger partial charge in [-0.3, -0.25) is 10.2 Å². The molecule has 6 nitrogen and oxygen atoms in total. The second-order valence-corrected chi connectivity index (χ2v) is 5.19. The monoisotopic (exact) mass is 282 g/mol. The summed E-state index contributed by atoms with van der Waals surface area (Å²) in [7, 11) is 2.90. The van der Waals surface area contributed by atoms with Gasteiger partial charge in [0.2, 0.25) is 11.7 Å². The molecule has 0 aliphatic carbocycles. The van der Waals surface area contributed by atoms with Crippen LogP contribution in [0.5, 0.6) is 17.2 Å². The number of hydrogen-bond acceptors (Lipinski definition) is 6. The number of hydrogen-bond donors (Lipinski definition) is 3. The summed E-state index contributed by atoms with van der Waals surface area (Å²) in [5.74, 6) is 0.353. The van der Waals surface area contributed by atoms with Crippen LogP contribution in [0.4, 0.5) is 0 Å². The van der Waals surface area contributed by atoms with E-state index < -0.39 is 0 Å². The normalized spacial score (nSPS) is 18.3. The number of rotatable bonds is 4. The summed E-state index contributed by atoms with van der Waals surface area (Å²) in [4.78, 5) is 11.6. The van der Waals surface area contributed by atoms with Gasteiger partial charge in [-0.25, -0.2) is 0 Å². The summed E-state index contributed by atoms with van der Waals surface area (Å²) in [6.07, 6.45) is 0.436. The predicted molar refractivity (Wildman–Crippen MR) is 72.2 cm³/mol. The molecule has 1 aromatic carbocycles. The number of amides is 1. The molecule has 1 saturated heterocycles. The number of phenolic OH excluding ortho intramolecular Hbond substituents is 1. The number of ether oxygens (including phenoxy) is 2. The number of benzene rings is 1. The Morgan fingerprint density at radius 3 is 2.37 bits per heavy atom. The van der Waals surface area contributed by atoms with E-state index in [-0.39, 0.29) is 22.1 Å². The van der Waals surface area contributed by atoms with Gasteiger partial charge >= 0.3 is 0 Å². The molecule has 1 aromatic rings. The fourth-order valence-corrected chi connectivity index (χ4v) is 2.72. The molecule has 0 radical (unpaired) electrons. The van der Waals surface area contributed by atoms with E-state index in [9.17, 15) is 9.90 Å². The highest BCUT2D eigenvalue weighted by Gasteiger charge is 2.29. The molecular weight excluding hydrogens is 268 g/mol. The maximum absolute atomic E-state index is 11.6. The lowest BCUT2D eigenvalue weighted by atomic mass is 10.1. The van der Waals surface area contributed by atoms with Gasteiger partial charge in [-0.1, -0.05) is 11.8 Å². The van der Waals surface area contributed by atoms with Gasteiger partial charge in [-0.2, -0.15) is 0 Å². The maximum Gasteiger partial charge on any atom is 0.239 e. The summed E-state index contributed by atoms with van der Waals surface area (Å²) in [6, 6.07) is 3.32. The van der Waals surface area contributed by atoms with Gasteiger partial charge in [0.05, 0.1) is 19.5 Å². The van der Waals surface area contributed by atoms with E-state index in [1.807, 2.05) is 0 Å². The van der Waals surface area contributed by atoms with Gasteiger partial charge < -0.3 is 19.9 Å². The van der Waals surface area contributed by atoms with Crippen LogP contribution in [-0.4, -0.2) is 35.7 Å². The number of carbonyl (C=O) groups is 1. The standard InChI is InChI=1S/C12H14N2O4S/c1-17-7-3-6(4-8(18-2)10(7)15)5-9-11(16)14-12(13)19-9/h3-4,9,15H,5H2,1-2H3,(H2,13,14,16). The van der Waals surface area contributed by atoms with Crippen molar-refractivity contribution in [1.82, 2.24) is 5.32 Å². The molecule has 1 amide bonds. The first-order valence-corrected chi connectivity index (χ1v) is 6.43. The minimum Gasteiger partial charge on any atom is -0.502 e. The van der Waals surface area contributed by atoms with Crippen LogP contribution >= 0.6 is 11.8 Å². The van der Waals surface area contributed by atoms with E-state index in [2.05, 4.69) is 5.32 Å². The molecule has 1 unspecified atom stereocenters. The van der Waals surface area contributed by atoms with Crippen LogP contribution in [0.2, 0.25) is 0 Å². The van der Waals surface area contributed by atoms with E-state index in [0.717, 1.165) is 5.56 Å². The van der Waals surface area contributed by atoms with Crippen LogP contribution in [0.3, 0.4) is 0 Å². The Bertz CT molecular complexity index is 507. The highest BCUT2D eigenvalue weighted by atomic mass is 32.2. The summed E-state index contributed by atoms with van der Waals surface area (Å²) in [6.45, 7) is 0. The van der Waals surface area contributed by atoms with Crippen molar-refractivity contribution in [2.45, 2.75) is 11.7 Å². The first-order valence-electron chi connectivity index (χ1n) is 5.55. The molecule has 0 saturated carbocycles. The Hall–Kier alpha value is -1.89. The fraction of sp³-hybridized carbons (Fsp3) is 0.333. The Morgan fingerprint density at radius 2 is 1.95 bits per heavy atom. The summed E-state index contributed by atoms with van der Waals surface area (Å²) < 4.78 is 10.1. The van der Waals surface area contributed by atoms with Crippen molar-refractivity contribution in [3.63, 3.8) is 0 Å². The van der Waals surface area contributed by atoms with Crippen LogP contribution in [0, 0.1) is 5.41 Å². The average Bonchev–Trinajstić information content (AvgIpc) is 2.69. The van der Waals surface area contributed by atoms with Crippen LogP contribution in [0.25, 0.3) is 0 Å². The highest BCUT2D eigenvalue weighted by Crippen LogP contribution is 2.38. The summed E-state index contributed by atoms with van der Waals surface area (Å²) in [5, 5.41) is 19.5. The summed E-state index contributed by atoms with van der Waals surface area (Å²) in [5.41, 5.74) is 0.800. The van der Waals surface area contributed by atoms with E-state index in [1.165, 1.54) is 26.0 Å². The zero-order chi connectivity index (χ0) is 14.0. The lowest BCUT2D eigenvalue weighted by molar-refractivity contribution is -0.118. The first kappa shape index (κ1) is 13.5. The van der Waals surface area contributed by atoms with Crippen molar-refractivity contribution in [3.8, 4) is 17.2 Å². The fourth-order valence-electron chi connectivity index (χ4n) is 1.83. The molecule has 1 aliphatic heterocycles. The quantitative estimate of drug-likeness (QED) is 0.769. The van der Waals surface area contributed by atoms with Gasteiger partial charge in [0, 0.05) is 0 Å². The number of aromatic hydroxyl groups is 1. The minimum atomic E-state index is -0.341. The molecule has 1 heterocycles. The van der Waals surface area contributed by atoms with Crippen molar-refractivity contribution in [2.24, 2.45) is 0 Å². The van der Waals surface area contributed by atoms with Crippen molar-refractivity contribution >= 4 is 22.8 Å². The third-order valence-electron chi connectivity index (χ3n) is 2.75. The second kappa shape index (κ2) is 5.40. The number of phenols is 1. The topological polar surface area (TPSA) is 91.6 Å². The van der Waals surface area contributed by atoms with E-state index >= 15 is 0 Å². The second-order valence-electron chi connectivity index (χ2n) is 3.98. The summed E-state index contributed by atoms with van der Waals surface area (Å²) >= 11 is 1.18. The number of thioether (sulfide) groups is 1. The number of amidine groups is 1. The highest BCUT2D eigenvalue weighted by molar-refractivity contribution is 8.15. The Labute approximate surface area is 114 Å². The van der Waals surface area contributed by atoms with Gasteiger partial charge in [0.15, 0.2) is 16.7 Å². The Morgan fingerprint density at radius 1 is 1.37 bits per heavy atom. The minimum absolute atomic E-state index is 0.0648. The smallest absolute Gasteiger partial charge is 0.239 e. The third kappa shape index (κ3) is 2.76. The SMILES string of the molecule is COc1cc(CC2SC(=N)NC2=O)cc(OC)c1O. The van der Waals surface area contributed by atoms with E-state index in [4.69, 9.17) is 14.9 Å². The molecule has 3 N–H and O–H groups in total. The molecule has 0 spiro atoms. The van der Waals surface area contributed by atoms with Crippen molar-refractivity contribution in [2.75, 3.05) is 14.2 Å². The van der Waals surface area contributed by atoms with E-state index in [1.54, 1.807) is 12.1 Å².